The molecule has 20 heavy (non-hydrogen) atoms. The molecule has 0 fully saturated rings. The number of hydrogen-bond acceptors (Lipinski definition) is 5. The summed E-state index contributed by atoms with van der Waals surface area (Å²) in [6, 6.07) is 4.62. The lowest BCUT2D eigenvalue weighted by Gasteiger charge is -2.11. The highest BCUT2D eigenvalue weighted by Gasteiger charge is 2.19. The standard InChI is InChI=1S/C13H21NO4S2/c1-18-12-6-5-11(10-15)9-13(12)20(16,17)14-7-3-4-8-19-2/h5-6,9,14-15H,3-4,7-8,10H2,1-2H3. The summed E-state index contributed by atoms with van der Waals surface area (Å²) in [5.74, 6) is 1.30. The molecule has 1 rings (SSSR count). The number of hydrogen-bond donors (Lipinski definition) is 2. The van der Waals surface area contributed by atoms with Crippen LogP contribution >= 0.6 is 11.8 Å². The minimum absolute atomic E-state index is 0.0661. The highest BCUT2D eigenvalue weighted by atomic mass is 32.2. The van der Waals surface area contributed by atoms with Gasteiger partial charge >= 0.3 is 0 Å². The number of aliphatic hydroxyl groups is 1. The fourth-order valence-corrected chi connectivity index (χ4v) is 3.47. The average molecular weight is 319 g/mol. The second kappa shape index (κ2) is 8.51. The van der Waals surface area contributed by atoms with Crippen molar-refractivity contribution in [3.63, 3.8) is 0 Å². The number of unbranched alkanes of at least 4 members (excludes halogenated alkanes) is 1. The number of benzene rings is 1. The molecule has 0 radical (unpaired) electrons. The summed E-state index contributed by atoms with van der Waals surface area (Å²) in [5.41, 5.74) is 0.536. The molecule has 0 saturated carbocycles. The van der Waals surface area contributed by atoms with E-state index >= 15 is 0 Å². The van der Waals surface area contributed by atoms with E-state index in [0.717, 1.165) is 18.6 Å². The predicted molar refractivity (Wildman–Crippen MR) is 81.7 cm³/mol. The van der Waals surface area contributed by atoms with E-state index in [9.17, 15) is 8.42 Å². The van der Waals surface area contributed by atoms with Crippen molar-refractivity contribution in [1.82, 2.24) is 4.72 Å². The van der Waals surface area contributed by atoms with Crippen molar-refractivity contribution in [1.29, 1.82) is 0 Å². The van der Waals surface area contributed by atoms with Gasteiger partial charge < -0.3 is 9.84 Å². The fraction of sp³-hybridized carbons (Fsp3) is 0.538. The zero-order valence-corrected chi connectivity index (χ0v) is 13.4. The molecule has 5 nitrogen and oxygen atoms in total. The molecule has 0 heterocycles. The van der Waals surface area contributed by atoms with Crippen molar-refractivity contribution in [2.24, 2.45) is 0 Å². The Balaban J connectivity index is 2.80. The van der Waals surface area contributed by atoms with E-state index < -0.39 is 10.0 Å². The van der Waals surface area contributed by atoms with Crippen molar-refractivity contribution < 1.29 is 18.3 Å². The van der Waals surface area contributed by atoms with Crippen LogP contribution in [-0.4, -0.2) is 39.2 Å². The van der Waals surface area contributed by atoms with Crippen LogP contribution < -0.4 is 9.46 Å². The van der Waals surface area contributed by atoms with Gasteiger partial charge in [-0.25, -0.2) is 13.1 Å². The van der Waals surface area contributed by atoms with Crippen molar-refractivity contribution in [2.75, 3.05) is 25.7 Å². The molecular formula is C13H21NO4S2. The number of sulfonamides is 1. The Kier molecular flexibility index (Phi) is 7.36. The smallest absolute Gasteiger partial charge is 0.244 e. The molecule has 2 N–H and O–H groups in total. The van der Waals surface area contributed by atoms with Gasteiger partial charge in [-0.3, -0.25) is 0 Å². The van der Waals surface area contributed by atoms with Gasteiger partial charge in [-0.15, -0.1) is 0 Å². The molecule has 0 aliphatic rings. The number of ether oxygens (including phenoxy) is 1. The van der Waals surface area contributed by atoms with Crippen molar-refractivity contribution >= 4 is 21.8 Å². The number of thioether (sulfide) groups is 1. The summed E-state index contributed by atoms with van der Waals surface area (Å²) in [6.45, 7) is 0.190. The summed E-state index contributed by atoms with van der Waals surface area (Å²) >= 11 is 1.74. The second-order valence-electron chi connectivity index (χ2n) is 4.24. The number of methoxy groups -OCH3 is 1. The van der Waals surface area contributed by atoms with E-state index in [2.05, 4.69) is 4.72 Å². The predicted octanol–water partition coefficient (Wildman–Crippen LogP) is 1.61. The van der Waals surface area contributed by atoms with Crippen LogP contribution in [0.1, 0.15) is 18.4 Å². The van der Waals surface area contributed by atoms with Crippen LogP contribution in [0.15, 0.2) is 23.1 Å². The quantitative estimate of drug-likeness (QED) is 0.676. The van der Waals surface area contributed by atoms with Gasteiger partial charge in [0.2, 0.25) is 10.0 Å². The number of nitrogens with one attached hydrogen (secondary N) is 1. The van der Waals surface area contributed by atoms with Gasteiger partial charge in [-0.05, 0) is 42.5 Å². The molecule has 0 spiro atoms. The Morgan fingerprint density at radius 2 is 2.10 bits per heavy atom. The zero-order valence-electron chi connectivity index (χ0n) is 11.8. The van der Waals surface area contributed by atoms with Crippen molar-refractivity contribution in [3.05, 3.63) is 23.8 Å². The highest BCUT2D eigenvalue weighted by molar-refractivity contribution is 7.98. The second-order valence-corrected chi connectivity index (χ2v) is 6.96. The first-order valence-electron chi connectivity index (χ1n) is 6.31. The van der Waals surface area contributed by atoms with Crippen molar-refractivity contribution in [2.45, 2.75) is 24.3 Å². The maximum Gasteiger partial charge on any atom is 0.244 e. The van der Waals surface area contributed by atoms with Gasteiger partial charge in [0, 0.05) is 6.54 Å². The first kappa shape index (κ1) is 17.3. The summed E-state index contributed by atoms with van der Waals surface area (Å²) in [6.07, 6.45) is 3.79. The van der Waals surface area contributed by atoms with E-state index in [1.54, 1.807) is 23.9 Å². The Hall–Kier alpha value is -0.760. The van der Waals surface area contributed by atoms with Gasteiger partial charge in [0.1, 0.15) is 10.6 Å². The third-order valence-corrected chi connectivity index (χ3v) is 4.95. The Bertz CT molecular complexity index is 517. The minimum atomic E-state index is -3.62. The molecule has 114 valence electrons. The number of rotatable bonds is 9. The Morgan fingerprint density at radius 3 is 2.70 bits per heavy atom. The number of aliphatic hydroxyl groups excluding tert-OH is 1. The Labute approximate surface area is 124 Å². The molecule has 7 heteroatoms. The monoisotopic (exact) mass is 319 g/mol. The first-order chi connectivity index (χ1) is 9.55. The van der Waals surface area contributed by atoms with E-state index in [1.165, 1.54) is 13.2 Å². The van der Waals surface area contributed by atoms with Crippen LogP contribution in [0.25, 0.3) is 0 Å². The van der Waals surface area contributed by atoms with Crippen molar-refractivity contribution in [3.8, 4) is 5.75 Å². The van der Waals surface area contributed by atoms with Gasteiger partial charge in [0.15, 0.2) is 0 Å². The van der Waals surface area contributed by atoms with Gasteiger partial charge in [0.25, 0.3) is 0 Å². The lowest BCUT2D eigenvalue weighted by Crippen LogP contribution is -2.25. The van der Waals surface area contributed by atoms with E-state index in [1.807, 2.05) is 6.26 Å². The SMILES string of the molecule is COc1ccc(CO)cc1S(=O)(=O)NCCCCSC. The molecular weight excluding hydrogens is 298 g/mol. The maximum atomic E-state index is 12.2. The molecule has 1 aromatic carbocycles. The molecule has 0 atom stereocenters. The van der Waals surface area contributed by atoms with Gasteiger partial charge in [-0.2, -0.15) is 11.8 Å². The molecule has 0 aliphatic carbocycles. The first-order valence-corrected chi connectivity index (χ1v) is 9.19. The van der Waals surface area contributed by atoms with Crippen LogP contribution in [0, 0.1) is 0 Å². The normalized spacial score (nSPS) is 11.6. The summed E-state index contributed by atoms with van der Waals surface area (Å²) in [4.78, 5) is 0.0661. The summed E-state index contributed by atoms with van der Waals surface area (Å²) < 4.78 is 32.1. The van der Waals surface area contributed by atoms with Crippen LogP contribution in [0.2, 0.25) is 0 Å². The fourth-order valence-electron chi connectivity index (χ4n) is 1.69. The topological polar surface area (TPSA) is 75.6 Å². The Morgan fingerprint density at radius 1 is 1.35 bits per heavy atom. The zero-order chi connectivity index (χ0) is 15.0. The lowest BCUT2D eigenvalue weighted by atomic mass is 10.2. The molecule has 0 aromatic heterocycles. The summed E-state index contributed by atoms with van der Waals surface area (Å²) in [5, 5.41) is 9.11. The molecule has 0 saturated heterocycles. The molecule has 0 unspecified atom stereocenters. The van der Waals surface area contributed by atoms with Gasteiger partial charge in [-0.1, -0.05) is 6.07 Å². The molecule has 0 aliphatic heterocycles. The molecule has 0 bridgehead atoms. The minimum Gasteiger partial charge on any atom is -0.495 e. The van der Waals surface area contributed by atoms with Crippen LogP contribution in [0.3, 0.4) is 0 Å². The van der Waals surface area contributed by atoms with Crippen LogP contribution in [0.4, 0.5) is 0 Å². The van der Waals surface area contributed by atoms with Crippen LogP contribution in [-0.2, 0) is 16.6 Å². The van der Waals surface area contributed by atoms with E-state index in [-0.39, 0.29) is 17.3 Å². The molecule has 0 amide bonds. The largest absolute Gasteiger partial charge is 0.495 e. The van der Waals surface area contributed by atoms with Crippen LogP contribution in [0.5, 0.6) is 5.75 Å². The van der Waals surface area contributed by atoms with E-state index in [0.29, 0.717) is 12.1 Å². The van der Waals surface area contributed by atoms with Gasteiger partial charge in [0.05, 0.1) is 13.7 Å². The van der Waals surface area contributed by atoms with E-state index in [4.69, 9.17) is 9.84 Å². The lowest BCUT2D eigenvalue weighted by molar-refractivity contribution is 0.281. The third-order valence-electron chi connectivity index (χ3n) is 2.77. The summed E-state index contributed by atoms with van der Waals surface area (Å²) in [7, 11) is -2.19. The third kappa shape index (κ3) is 4.97. The average Bonchev–Trinajstić information content (AvgIpc) is 2.46. The highest BCUT2D eigenvalue weighted by Crippen LogP contribution is 2.24. The molecule has 1 aromatic rings. The maximum absolute atomic E-state index is 12.2.